The fourth-order valence-electron chi connectivity index (χ4n) is 3.35. The Kier molecular flexibility index (Phi) is 7.17. The van der Waals surface area contributed by atoms with Crippen molar-refractivity contribution >= 4 is 47.5 Å². The highest BCUT2D eigenvalue weighted by atomic mass is 32.2. The third-order valence-corrected chi connectivity index (χ3v) is 8.62. The molecule has 1 aliphatic rings. The number of nitrogens with zero attached hydrogens (tertiary/aromatic N) is 2. The molecular formula is C18H20N4O10S3. The molecule has 190 valence electrons. The third kappa shape index (κ3) is 5.41. The zero-order valence-corrected chi connectivity index (χ0v) is 20.0. The highest BCUT2D eigenvalue weighted by Gasteiger charge is 2.37. The van der Waals surface area contributed by atoms with Crippen molar-refractivity contribution in [1.82, 2.24) is 0 Å². The predicted molar refractivity (Wildman–Crippen MR) is 122 cm³/mol. The van der Waals surface area contributed by atoms with Crippen LogP contribution in [0.15, 0.2) is 55.3 Å². The topological polar surface area (TPSA) is 260 Å². The lowest BCUT2D eigenvalue weighted by atomic mass is 9.88. The normalized spacial score (nSPS) is 18.9. The molecular weight excluding hydrogens is 528 g/mol. The molecule has 35 heavy (non-hydrogen) atoms. The highest BCUT2D eigenvalue weighted by Crippen LogP contribution is 2.46. The minimum Gasteiger partial charge on any atom is -0.505 e. The number of sulfone groups is 1. The van der Waals surface area contributed by atoms with Crippen LogP contribution in [0.3, 0.4) is 0 Å². The van der Waals surface area contributed by atoms with Crippen LogP contribution in [0.25, 0.3) is 6.08 Å². The molecule has 0 saturated carbocycles. The van der Waals surface area contributed by atoms with E-state index in [2.05, 4.69) is 10.2 Å². The Morgan fingerprint density at radius 3 is 2.00 bits per heavy atom. The summed E-state index contributed by atoms with van der Waals surface area (Å²) in [6, 6.07) is 2.64. The van der Waals surface area contributed by atoms with Gasteiger partial charge in [-0.3, -0.25) is 9.11 Å². The number of phenolic OH excluding ortho intramolecular Hbond substituents is 1. The van der Waals surface area contributed by atoms with Crippen molar-refractivity contribution in [2.24, 2.45) is 21.7 Å². The van der Waals surface area contributed by atoms with Crippen molar-refractivity contribution in [3.05, 3.63) is 46.4 Å². The molecule has 1 aliphatic carbocycles. The van der Waals surface area contributed by atoms with Crippen LogP contribution in [-0.4, -0.2) is 63.0 Å². The van der Waals surface area contributed by atoms with Gasteiger partial charge in [0.05, 0.1) is 39.9 Å². The van der Waals surface area contributed by atoms with Crippen LogP contribution in [0.2, 0.25) is 0 Å². The Bertz CT molecular complexity index is 1550. The first-order valence-electron chi connectivity index (χ1n) is 9.51. The average Bonchev–Trinajstić information content (AvgIpc) is 2.74. The number of rotatable bonds is 7. The van der Waals surface area contributed by atoms with E-state index >= 15 is 0 Å². The molecule has 3 rings (SSSR count). The summed E-state index contributed by atoms with van der Waals surface area (Å²) in [6.45, 7) is -0.577. The number of azo groups is 1. The van der Waals surface area contributed by atoms with E-state index in [1.165, 1.54) is 24.3 Å². The summed E-state index contributed by atoms with van der Waals surface area (Å²) >= 11 is 0. The zero-order valence-electron chi connectivity index (χ0n) is 17.5. The Morgan fingerprint density at radius 1 is 0.886 bits per heavy atom. The molecule has 0 aliphatic heterocycles. The Hall–Kier alpha value is -2.77. The molecule has 0 aromatic heterocycles. The second-order valence-electron chi connectivity index (χ2n) is 7.36. The third-order valence-electron chi connectivity index (χ3n) is 5.05. The van der Waals surface area contributed by atoms with Crippen molar-refractivity contribution in [3.63, 3.8) is 0 Å². The number of aliphatic hydroxyl groups excluding tert-OH is 1. The number of benzene rings is 2. The number of hydrogen-bond donors (Lipinski definition) is 6. The summed E-state index contributed by atoms with van der Waals surface area (Å²) in [5.41, 5.74) is 10.5. The van der Waals surface area contributed by atoms with Gasteiger partial charge in [0.1, 0.15) is 16.3 Å². The second kappa shape index (κ2) is 9.36. The Balaban J connectivity index is 2.15. The molecule has 17 heteroatoms. The van der Waals surface area contributed by atoms with Crippen LogP contribution in [0.5, 0.6) is 5.75 Å². The van der Waals surface area contributed by atoms with Crippen molar-refractivity contribution in [1.29, 1.82) is 0 Å². The van der Waals surface area contributed by atoms with Crippen LogP contribution in [0.4, 0.5) is 11.4 Å². The van der Waals surface area contributed by atoms with Gasteiger partial charge in [-0.1, -0.05) is 0 Å². The first-order chi connectivity index (χ1) is 16.1. The predicted octanol–water partition coefficient (Wildman–Crippen LogP) is 0.390. The van der Waals surface area contributed by atoms with Gasteiger partial charge in [-0.05, 0) is 42.0 Å². The van der Waals surface area contributed by atoms with Crippen molar-refractivity contribution in [3.8, 4) is 5.75 Å². The van der Waals surface area contributed by atoms with Gasteiger partial charge in [-0.2, -0.15) is 21.9 Å². The molecule has 8 N–H and O–H groups in total. The Labute approximate surface area is 200 Å². The van der Waals surface area contributed by atoms with Crippen LogP contribution in [0.1, 0.15) is 17.2 Å². The summed E-state index contributed by atoms with van der Waals surface area (Å²) in [7, 11) is -13.6. The van der Waals surface area contributed by atoms with Crippen LogP contribution in [-0.2, 0) is 30.1 Å². The quantitative estimate of drug-likeness (QED) is 0.203. The van der Waals surface area contributed by atoms with E-state index in [0.717, 1.165) is 12.1 Å². The van der Waals surface area contributed by atoms with Gasteiger partial charge in [-0.25, -0.2) is 8.42 Å². The lowest BCUT2D eigenvalue weighted by Gasteiger charge is -2.29. The molecule has 0 saturated heterocycles. The summed E-state index contributed by atoms with van der Waals surface area (Å²) < 4.78 is 90.1. The summed E-state index contributed by atoms with van der Waals surface area (Å²) in [4.78, 5) is -1.79. The molecule has 0 radical (unpaired) electrons. The number of hydrogen-bond acceptors (Lipinski definition) is 12. The van der Waals surface area contributed by atoms with Gasteiger partial charge < -0.3 is 21.7 Å². The lowest BCUT2D eigenvalue weighted by Crippen LogP contribution is -2.40. The molecule has 0 amide bonds. The maximum absolute atomic E-state index is 12.0. The monoisotopic (exact) mass is 548 g/mol. The highest BCUT2D eigenvalue weighted by molar-refractivity contribution is 7.91. The van der Waals surface area contributed by atoms with E-state index in [1.54, 1.807) is 0 Å². The smallest absolute Gasteiger partial charge is 0.296 e. The second-order valence-corrected chi connectivity index (χ2v) is 12.3. The van der Waals surface area contributed by atoms with Gasteiger partial charge >= 0.3 is 0 Å². The van der Waals surface area contributed by atoms with Gasteiger partial charge in [0, 0.05) is 5.56 Å². The first-order valence-corrected chi connectivity index (χ1v) is 14.0. The van der Waals surface area contributed by atoms with Crippen LogP contribution < -0.4 is 11.5 Å². The van der Waals surface area contributed by atoms with E-state index in [4.69, 9.17) is 16.6 Å². The minimum absolute atomic E-state index is 0.0286. The largest absolute Gasteiger partial charge is 0.505 e. The van der Waals surface area contributed by atoms with E-state index in [1.807, 2.05) is 0 Å². The lowest BCUT2D eigenvalue weighted by molar-refractivity contribution is 0.319. The van der Waals surface area contributed by atoms with E-state index < -0.39 is 75.8 Å². The molecule has 0 heterocycles. The van der Waals surface area contributed by atoms with E-state index in [-0.39, 0.29) is 21.7 Å². The fraction of sp³-hybridized carbons (Fsp3) is 0.222. The van der Waals surface area contributed by atoms with Crippen molar-refractivity contribution in [2.45, 2.75) is 21.9 Å². The molecule has 14 nitrogen and oxygen atoms in total. The molecule has 2 unspecified atom stereocenters. The SMILES string of the molecule is NC1C(S(=O)(=O)O)=Cc2cc(S(=O)(=O)O)c(N=Nc3ccc(S(=O)(=O)CCO)cc3)c(O)c2C1N. The molecule has 0 bridgehead atoms. The average molecular weight is 549 g/mol. The maximum Gasteiger partial charge on any atom is 0.296 e. The minimum atomic E-state index is -5.04. The molecule has 2 aromatic rings. The number of aliphatic hydroxyl groups is 1. The fourth-order valence-corrected chi connectivity index (χ4v) is 5.80. The summed E-state index contributed by atoms with van der Waals surface area (Å²) in [6.07, 6.45) is 0.805. The van der Waals surface area contributed by atoms with Gasteiger partial charge in [0.2, 0.25) is 0 Å². The van der Waals surface area contributed by atoms with Crippen molar-refractivity contribution in [2.75, 3.05) is 12.4 Å². The first kappa shape index (κ1) is 26.8. The number of nitrogens with two attached hydrogens (primary N) is 2. The van der Waals surface area contributed by atoms with Crippen LogP contribution in [0, 0.1) is 0 Å². The van der Waals surface area contributed by atoms with E-state index in [0.29, 0.717) is 0 Å². The molecule has 0 spiro atoms. The zero-order chi connectivity index (χ0) is 26.3. The van der Waals surface area contributed by atoms with Gasteiger partial charge in [-0.15, -0.1) is 5.11 Å². The van der Waals surface area contributed by atoms with Crippen molar-refractivity contribution < 1.29 is 44.6 Å². The summed E-state index contributed by atoms with van der Waals surface area (Å²) in [5, 5.41) is 27.0. The Morgan fingerprint density at radius 2 is 1.49 bits per heavy atom. The number of aromatic hydroxyl groups is 1. The standard InChI is InChI=1S/C18H20N4O10S3/c19-15-12(34(27,28)29)7-9-8-13(35(30,31)32)17(18(24)14(9)16(15)20)22-21-10-1-3-11(4-2-10)33(25,26)6-5-23/h1-4,7-8,15-16,23-24H,5-6,19-20H2,(H,27,28,29)(H,30,31,32). The molecule has 2 aromatic carbocycles. The molecule has 0 fully saturated rings. The molecule has 2 atom stereocenters. The maximum atomic E-state index is 12.0. The van der Waals surface area contributed by atoms with Crippen LogP contribution >= 0.6 is 0 Å². The summed E-state index contributed by atoms with van der Waals surface area (Å²) in [5.74, 6) is -1.36. The number of fused-ring (bicyclic) bond motifs is 1. The number of phenols is 1. The van der Waals surface area contributed by atoms with Gasteiger partial charge in [0.15, 0.2) is 9.84 Å². The van der Waals surface area contributed by atoms with E-state index in [9.17, 15) is 39.5 Å². The van der Waals surface area contributed by atoms with Gasteiger partial charge in [0.25, 0.3) is 20.2 Å².